The van der Waals surface area contributed by atoms with Crippen LogP contribution < -0.4 is 0 Å². The van der Waals surface area contributed by atoms with Gasteiger partial charge in [0.15, 0.2) is 12.2 Å². The summed E-state index contributed by atoms with van der Waals surface area (Å²) in [5.41, 5.74) is 0. The second kappa shape index (κ2) is 74.9. The number of esters is 4. The van der Waals surface area contributed by atoms with Gasteiger partial charge < -0.3 is 33.8 Å². The van der Waals surface area contributed by atoms with E-state index in [4.69, 9.17) is 37.0 Å². The lowest BCUT2D eigenvalue weighted by molar-refractivity contribution is -0.161. The van der Waals surface area contributed by atoms with Gasteiger partial charge in [-0.15, -0.1) is 0 Å². The van der Waals surface area contributed by atoms with Crippen LogP contribution >= 0.6 is 15.6 Å². The van der Waals surface area contributed by atoms with Gasteiger partial charge in [0.2, 0.25) is 0 Å². The first-order valence-corrected chi connectivity index (χ1v) is 45.6. The van der Waals surface area contributed by atoms with E-state index in [1.807, 2.05) is 0 Å². The minimum Gasteiger partial charge on any atom is -0.462 e. The Morgan fingerprint density at radius 2 is 0.455 bits per heavy atom. The van der Waals surface area contributed by atoms with Gasteiger partial charge in [-0.1, -0.05) is 388 Å². The van der Waals surface area contributed by atoms with E-state index in [1.165, 1.54) is 263 Å². The maximum atomic E-state index is 13.1. The molecule has 0 aliphatic heterocycles. The molecule has 0 saturated heterocycles. The van der Waals surface area contributed by atoms with Crippen LogP contribution in [0.1, 0.15) is 439 Å². The Morgan fingerprint density at radius 1 is 0.267 bits per heavy atom. The van der Waals surface area contributed by atoms with E-state index in [2.05, 4.69) is 34.6 Å². The standard InChI is InChI=1S/C82H160O17P2/c1-6-9-12-15-18-21-24-26-32-37-41-46-51-56-61-66-80(85)93-72-78(99-82(87)68-63-58-53-48-43-39-35-31-29-28-30-34-36-40-44-49-54-59-64-75(4)5)74-97-101(90,91)95-70-76(83)69-94-100(88,89)96-73-77(71-92-79(84)65-60-55-50-45-23-20-17-14-11-8-3)98-81(86)67-62-57-52-47-42-38-33-27-25-22-19-16-13-10-7-2/h75-78,83H,6-74H2,1-5H3,(H,88,89)(H,90,91)/t76-,77+,78+/m0/s1. The summed E-state index contributed by atoms with van der Waals surface area (Å²) in [6.45, 7) is 7.37. The zero-order chi connectivity index (χ0) is 74.1. The average molecular weight is 1480 g/mol. The third-order valence-electron chi connectivity index (χ3n) is 19.3. The minimum absolute atomic E-state index is 0.109. The number of carbonyl (C=O) groups is 4. The first kappa shape index (κ1) is 99.1. The Morgan fingerprint density at radius 3 is 0.673 bits per heavy atom. The maximum Gasteiger partial charge on any atom is 0.472 e. The SMILES string of the molecule is CCCCCCCCCCCCCCCCCC(=O)OC[C@H](COP(=O)(O)OC[C@@H](O)COP(=O)(O)OC[C@@H](COC(=O)CCCCCCCCCCCC)OC(=O)CCCCCCCCCCCCCCCCC)OC(=O)CCCCCCCCCCCCCCCCCCCCC(C)C. The summed E-state index contributed by atoms with van der Waals surface area (Å²) in [6, 6.07) is 0. The van der Waals surface area contributed by atoms with Crippen LogP contribution in [0.25, 0.3) is 0 Å². The van der Waals surface area contributed by atoms with Crippen LogP contribution in [0, 0.1) is 5.92 Å². The van der Waals surface area contributed by atoms with Crippen molar-refractivity contribution in [3.63, 3.8) is 0 Å². The molecule has 0 saturated carbocycles. The monoisotopic (exact) mass is 1480 g/mol. The van der Waals surface area contributed by atoms with Gasteiger partial charge in [0, 0.05) is 25.7 Å². The molecule has 101 heavy (non-hydrogen) atoms. The highest BCUT2D eigenvalue weighted by atomic mass is 31.2. The molecule has 0 heterocycles. The zero-order valence-corrected chi connectivity index (χ0v) is 67.8. The quantitative estimate of drug-likeness (QED) is 0.0222. The van der Waals surface area contributed by atoms with Crippen LogP contribution in [0.5, 0.6) is 0 Å². The van der Waals surface area contributed by atoms with Crippen LogP contribution in [0.15, 0.2) is 0 Å². The summed E-state index contributed by atoms with van der Waals surface area (Å²) in [5.74, 6) is -1.28. The molecule has 5 atom stereocenters. The van der Waals surface area contributed by atoms with E-state index in [0.29, 0.717) is 25.7 Å². The van der Waals surface area contributed by atoms with Crippen molar-refractivity contribution < 1.29 is 80.2 Å². The predicted molar refractivity (Wildman–Crippen MR) is 414 cm³/mol. The van der Waals surface area contributed by atoms with Gasteiger partial charge in [-0.2, -0.15) is 0 Å². The van der Waals surface area contributed by atoms with E-state index in [9.17, 15) is 43.2 Å². The molecule has 0 rings (SSSR count). The second-order valence-electron chi connectivity index (χ2n) is 30.0. The molecule has 0 radical (unpaired) electrons. The number of carbonyl (C=O) groups excluding carboxylic acids is 4. The third-order valence-corrected chi connectivity index (χ3v) is 21.2. The van der Waals surface area contributed by atoms with Crippen molar-refractivity contribution >= 4 is 39.5 Å². The number of aliphatic hydroxyl groups is 1. The smallest absolute Gasteiger partial charge is 0.462 e. The summed E-state index contributed by atoms with van der Waals surface area (Å²) in [6.07, 6.45) is 66.5. The molecule has 0 aliphatic carbocycles. The van der Waals surface area contributed by atoms with Gasteiger partial charge in [0.05, 0.1) is 26.4 Å². The van der Waals surface area contributed by atoms with Crippen LogP contribution in [0.2, 0.25) is 0 Å². The number of aliphatic hydroxyl groups excluding tert-OH is 1. The van der Waals surface area contributed by atoms with E-state index in [0.717, 1.165) is 95.8 Å². The predicted octanol–water partition coefficient (Wildman–Crippen LogP) is 24.8. The van der Waals surface area contributed by atoms with Gasteiger partial charge in [0.1, 0.15) is 19.3 Å². The fourth-order valence-electron chi connectivity index (χ4n) is 12.8. The van der Waals surface area contributed by atoms with Crippen molar-refractivity contribution in [2.75, 3.05) is 39.6 Å². The van der Waals surface area contributed by atoms with E-state index < -0.39 is 97.5 Å². The number of hydrogen-bond donors (Lipinski definition) is 3. The Bertz CT molecular complexity index is 1930. The third kappa shape index (κ3) is 76.1. The molecule has 19 heteroatoms. The lowest BCUT2D eigenvalue weighted by Gasteiger charge is -2.21. The lowest BCUT2D eigenvalue weighted by atomic mass is 10.0. The van der Waals surface area contributed by atoms with Crippen LogP contribution in [0.3, 0.4) is 0 Å². The van der Waals surface area contributed by atoms with E-state index in [-0.39, 0.29) is 25.7 Å². The number of phosphoric ester groups is 2. The molecule has 2 unspecified atom stereocenters. The van der Waals surface area contributed by atoms with Crippen molar-refractivity contribution in [2.45, 2.75) is 457 Å². The van der Waals surface area contributed by atoms with Gasteiger partial charge >= 0.3 is 39.5 Å². The molecule has 0 bridgehead atoms. The number of ether oxygens (including phenoxy) is 4. The Kier molecular flexibility index (Phi) is 73.5. The number of unbranched alkanes of at least 4 members (excludes halogenated alkanes) is 54. The van der Waals surface area contributed by atoms with Crippen LogP contribution in [0.4, 0.5) is 0 Å². The fraction of sp³-hybridized carbons (Fsp3) is 0.951. The topological polar surface area (TPSA) is 237 Å². The summed E-state index contributed by atoms with van der Waals surface area (Å²) in [7, 11) is -9.92. The molecule has 0 aromatic rings. The van der Waals surface area contributed by atoms with E-state index >= 15 is 0 Å². The molecule has 0 aromatic heterocycles. The van der Waals surface area contributed by atoms with Crippen molar-refractivity contribution in [2.24, 2.45) is 5.92 Å². The number of phosphoric acid groups is 2. The summed E-state index contributed by atoms with van der Waals surface area (Å²) in [4.78, 5) is 73.0. The van der Waals surface area contributed by atoms with Gasteiger partial charge in [0.25, 0.3) is 0 Å². The van der Waals surface area contributed by atoms with Gasteiger partial charge in [-0.3, -0.25) is 37.3 Å². The molecule has 0 amide bonds. The highest BCUT2D eigenvalue weighted by Crippen LogP contribution is 2.45. The van der Waals surface area contributed by atoms with E-state index in [1.54, 1.807) is 0 Å². The molecule has 600 valence electrons. The molecular formula is C82H160O17P2. The summed E-state index contributed by atoms with van der Waals surface area (Å²) in [5, 5.41) is 10.6. The molecular weight excluding hydrogens is 1320 g/mol. The second-order valence-corrected chi connectivity index (χ2v) is 32.9. The summed E-state index contributed by atoms with van der Waals surface area (Å²) < 4.78 is 68.7. The number of rotatable bonds is 82. The van der Waals surface area contributed by atoms with Crippen molar-refractivity contribution in [1.29, 1.82) is 0 Å². The Balaban J connectivity index is 5.22. The van der Waals surface area contributed by atoms with Crippen LogP contribution in [-0.2, 0) is 65.4 Å². The molecule has 3 N–H and O–H groups in total. The highest BCUT2D eigenvalue weighted by molar-refractivity contribution is 7.47. The fourth-order valence-corrected chi connectivity index (χ4v) is 14.3. The summed E-state index contributed by atoms with van der Waals surface area (Å²) >= 11 is 0. The van der Waals surface area contributed by atoms with Gasteiger partial charge in [-0.25, -0.2) is 9.13 Å². The van der Waals surface area contributed by atoms with Crippen molar-refractivity contribution in [3.05, 3.63) is 0 Å². The highest BCUT2D eigenvalue weighted by Gasteiger charge is 2.30. The largest absolute Gasteiger partial charge is 0.472 e. The number of hydrogen-bond acceptors (Lipinski definition) is 15. The molecule has 0 aromatic carbocycles. The maximum absolute atomic E-state index is 13.1. The molecule has 0 aliphatic rings. The minimum atomic E-state index is -4.96. The molecule has 17 nitrogen and oxygen atoms in total. The molecule has 0 spiro atoms. The van der Waals surface area contributed by atoms with Crippen molar-refractivity contribution in [1.82, 2.24) is 0 Å². The van der Waals surface area contributed by atoms with Gasteiger partial charge in [-0.05, 0) is 31.6 Å². The van der Waals surface area contributed by atoms with Crippen molar-refractivity contribution in [3.8, 4) is 0 Å². The zero-order valence-electron chi connectivity index (χ0n) is 66.1. The average Bonchev–Trinajstić information content (AvgIpc) is 0.964. The lowest BCUT2D eigenvalue weighted by Crippen LogP contribution is -2.30. The first-order chi connectivity index (χ1) is 49.0. The Labute approximate surface area is 619 Å². The first-order valence-electron chi connectivity index (χ1n) is 42.6. The normalized spacial score (nSPS) is 13.8. The van der Waals surface area contributed by atoms with Crippen LogP contribution in [-0.4, -0.2) is 96.7 Å². The Hall–Kier alpha value is -1.94. The molecule has 0 fully saturated rings.